The molecule has 1 N–H and O–H groups in total. The lowest BCUT2D eigenvalue weighted by molar-refractivity contribution is 0.163. The van der Waals surface area contributed by atoms with E-state index in [0.29, 0.717) is 51.3 Å². The van der Waals surface area contributed by atoms with E-state index in [2.05, 4.69) is 10.2 Å². The highest BCUT2D eigenvalue weighted by molar-refractivity contribution is 5.74. The number of nitrogens with zero attached hydrogens (tertiary/aromatic N) is 5. The van der Waals surface area contributed by atoms with Gasteiger partial charge in [0, 0.05) is 65.1 Å². The molecule has 8 nitrogen and oxygen atoms in total. The van der Waals surface area contributed by atoms with Gasteiger partial charge in [-0.3, -0.25) is 0 Å². The molecule has 1 aromatic heterocycles. The fraction of sp³-hybridized carbons (Fsp3) is 0.542. The number of piperidine rings is 1. The second-order valence-electron chi connectivity index (χ2n) is 9.32. The van der Waals surface area contributed by atoms with Crippen LogP contribution in [0.25, 0.3) is 0 Å². The molecule has 34 heavy (non-hydrogen) atoms. The van der Waals surface area contributed by atoms with Gasteiger partial charge in [0.15, 0.2) is 23.2 Å². The summed E-state index contributed by atoms with van der Waals surface area (Å²) < 4.78 is 32.9. The number of hydrogen-bond donors (Lipinski definition) is 1. The Hall–Kier alpha value is -3.17. The van der Waals surface area contributed by atoms with Gasteiger partial charge in [0.05, 0.1) is 17.9 Å². The summed E-state index contributed by atoms with van der Waals surface area (Å²) in [5, 5.41) is 3.41. The van der Waals surface area contributed by atoms with Crippen molar-refractivity contribution in [1.82, 2.24) is 19.8 Å². The van der Waals surface area contributed by atoms with E-state index in [1.807, 2.05) is 13.8 Å². The van der Waals surface area contributed by atoms with Gasteiger partial charge in [0.1, 0.15) is 11.9 Å². The Labute approximate surface area is 198 Å². The van der Waals surface area contributed by atoms with Crippen LogP contribution in [0.2, 0.25) is 0 Å². The van der Waals surface area contributed by atoms with Crippen molar-refractivity contribution < 1.29 is 18.3 Å². The third-order valence-electron chi connectivity index (χ3n) is 6.00. The first-order chi connectivity index (χ1) is 16.2. The average Bonchev–Trinajstić information content (AvgIpc) is 2.79. The van der Waals surface area contributed by atoms with Gasteiger partial charge in [-0.1, -0.05) is 0 Å². The van der Waals surface area contributed by atoms with Gasteiger partial charge in [-0.2, -0.15) is 0 Å². The van der Waals surface area contributed by atoms with Crippen LogP contribution in [0.4, 0.5) is 25.2 Å². The minimum absolute atomic E-state index is 0.0328. The molecule has 0 spiro atoms. The smallest absolute Gasteiger partial charge is 0.319 e. The normalized spacial score (nSPS) is 16.4. The summed E-state index contributed by atoms with van der Waals surface area (Å²) in [6.07, 6.45) is 1.86. The highest BCUT2D eigenvalue weighted by Gasteiger charge is 2.29. The molecule has 0 saturated carbocycles. The molecule has 2 aliphatic heterocycles. The molecule has 0 bridgehead atoms. The quantitative estimate of drug-likeness (QED) is 0.713. The molecule has 0 unspecified atom stereocenters. The molecule has 1 aromatic carbocycles. The number of fused-ring (bicyclic) bond motifs is 1. The van der Waals surface area contributed by atoms with Crippen molar-refractivity contribution in [1.29, 1.82) is 0 Å². The molecule has 0 radical (unpaired) electrons. The molecule has 2 aromatic rings. The molecule has 1 saturated heterocycles. The van der Waals surface area contributed by atoms with Crippen LogP contribution >= 0.6 is 0 Å². The lowest BCUT2D eigenvalue weighted by Crippen LogP contribution is -2.43. The van der Waals surface area contributed by atoms with Crippen LogP contribution in [-0.2, 0) is 13.0 Å². The van der Waals surface area contributed by atoms with Gasteiger partial charge in [0.25, 0.3) is 0 Å². The highest BCUT2D eigenvalue weighted by atomic mass is 19.1. The number of ether oxygens (including phenoxy) is 1. The molecule has 2 aliphatic rings. The summed E-state index contributed by atoms with van der Waals surface area (Å²) in [5.41, 5.74) is 1.73. The molecular formula is C24H32F2N6O2. The van der Waals surface area contributed by atoms with E-state index in [0.717, 1.165) is 23.3 Å². The van der Waals surface area contributed by atoms with Crippen molar-refractivity contribution >= 4 is 17.7 Å². The van der Waals surface area contributed by atoms with Crippen LogP contribution in [0.3, 0.4) is 0 Å². The summed E-state index contributed by atoms with van der Waals surface area (Å²) in [6, 6.07) is 3.50. The van der Waals surface area contributed by atoms with Gasteiger partial charge in [0.2, 0.25) is 0 Å². The summed E-state index contributed by atoms with van der Waals surface area (Å²) in [5.74, 6) is 0.272. The predicted molar refractivity (Wildman–Crippen MR) is 126 cm³/mol. The van der Waals surface area contributed by atoms with Crippen LogP contribution < -0.4 is 15.0 Å². The maximum atomic E-state index is 14.0. The highest BCUT2D eigenvalue weighted by Crippen LogP contribution is 2.30. The van der Waals surface area contributed by atoms with E-state index in [1.165, 1.54) is 12.1 Å². The van der Waals surface area contributed by atoms with Crippen molar-refractivity contribution in [3.8, 4) is 5.75 Å². The zero-order valence-electron chi connectivity index (χ0n) is 20.1. The summed E-state index contributed by atoms with van der Waals surface area (Å²) in [6.45, 7) is 6.49. The summed E-state index contributed by atoms with van der Waals surface area (Å²) in [7, 11) is 3.49. The van der Waals surface area contributed by atoms with E-state index >= 15 is 0 Å². The maximum absolute atomic E-state index is 14.0. The van der Waals surface area contributed by atoms with Crippen LogP contribution in [-0.4, -0.2) is 71.7 Å². The van der Waals surface area contributed by atoms with Crippen LogP contribution in [0.5, 0.6) is 5.75 Å². The van der Waals surface area contributed by atoms with Gasteiger partial charge in [-0.15, -0.1) is 0 Å². The van der Waals surface area contributed by atoms with Crippen molar-refractivity contribution in [2.75, 3.05) is 43.9 Å². The molecule has 3 heterocycles. The Bertz CT molecular complexity index is 1040. The average molecular weight is 475 g/mol. The Balaban J connectivity index is 1.49. The van der Waals surface area contributed by atoms with Crippen molar-refractivity contribution in [3.63, 3.8) is 0 Å². The van der Waals surface area contributed by atoms with Gasteiger partial charge in [-0.25, -0.2) is 23.5 Å². The Morgan fingerprint density at radius 2 is 1.88 bits per heavy atom. The number of benzene rings is 1. The number of amides is 2. The summed E-state index contributed by atoms with van der Waals surface area (Å²) in [4.78, 5) is 27.8. The molecular weight excluding hydrogens is 442 g/mol. The van der Waals surface area contributed by atoms with Gasteiger partial charge in [-0.05, 0) is 26.0 Å². The number of carbonyl (C=O) groups excluding carboxylic acids is 1. The largest absolute Gasteiger partial charge is 0.487 e. The number of carbonyl (C=O) groups is 1. The van der Waals surface area contributed by atoms with E-state index < -0.39 is 11.6 Å². The molecule has 1 fully saturated rings. The number of nitrogens with one attached hydrogen (secondary N) is 1. The fourth-order valence-corrected chi connectivity index (χ4v) is 4.29. The molecule has 2 amide bonds. The van der Waals surface area contributed by atoms with E-state index in [-0.39, 0.29) is 23.9 Å². The van der Waals surface area contributed by atoms with Gasteiger partial charge >= 0.3 is 6.03 Å². The number of anilines is 2. The Morgan fingerprint density at radius 1 is 1.15 bits per heavy atom. The number of aromatic nitrogens is 2. The molecule has 10 heteroatoms. The molecule has 0 atom stereocenters. The minimum Gasteiger partial charge on any atom is -0.487 e. The molecule has 184 valence electrons. The van der Waals surface area contributed by atoms with E-state index in [9.17, 15) is 13.6 Å². The lowest BCUT2D eigenvalue weighted by Gasteiger charge is -2.35. The third-order valence-corrected chi connectivity index (χ3v) is 6.00. The van der Waals surface area contributed by atoms with Crippen LogP contribution in [0.15, 0.2) is 18.2 Å². The zero-order chi connectivity index (χ0) is 24.4. The monoisotopic (exact) mass is 474 g/mol. The number of hydrogen-bond acceptors (Lipinski definition) is 6. The second-order valence-corrected chi connectivity index (χ2v) is 9.32. The van der Waals surface area contributed by atoms with Crippen molar-refractivity contribution in [2.45, 2.75) is 51.8 Å². The summed E-state index contributed by atoms with van der Waals surface area (Å²) >= 11 is 0. The molecule has 4 rings (SSSR count). The first kappa shape index (κ1) is 24.0. The van der Waals surface area contributed by atoms with Crippen molar-refractivity contribution in [3.05, 3.63) is 41.2 Å². The fourth-order valence-electron chi connectivity index (χ4n) is 4.29. The standard InChI is InChI=1S/C24H32F2N6O2/c1-15(2)27-22-23(29-19-9-12-32(14-20(19)28-22)24(33)30(3)4)31-10-7-17(8-11-31)34-21-6-5-16(25)13-18(21)26/h5-6,13,15,17H,7-12,14H2,1-4H3,(H,27,28). The maximum Gasteiger partial charge on any atom is 0.319 e. The van der Waals surface area contributed by atoms with Gasteiger partial charge < -0.3 is 24.8 Å². The van der Waals surface area contributed by atoms with Crippen LogP contribution in [0, 0.1) is 11.6 Å². The third kappa shape index (κ3) is 5.31. The SMILES string of the molecule is CC(C)Nc1nc2c(nc1N1CCC(Oc3ccc(F)cc3F)CC1)CCN(C(=O)N(C)C)C2. The van der Waals surface area contributed by atoms with E-state index in [4.69, 9.17) is 14.7 Å². The number of rotatable bonds is 5. The number of halogens is 2. The van der Waals surface area contributed by atoms with Crippen LogP contribution in [0.1, 0.15) is 38.1 Å². The van der Waals surface area contributed by atoms with Crippen molar-refractivity contribution in [2.24, 2.45) is 0 Å². The lowest BCUT2D eigenvalue weighted by atomic mass is 10.1. The van der Waals surface area contributed by atoms with E-state index in [1.54, 1.807) is 23.9 Å². The number of urea groups is 1. The Kier molecular flexibility index (Phi) is 7.04. The first-order valence-electron chi connectivity index (χ1n) is 11.7. The topological polar surface area (TPSA) is 73.8 Å². The first-order valence-corrected chi connectivity index (χ1v) is 11.7. The second kappa shape index (κ2) is 9.99. The minimum atomic E-state index is -0.687. The Morgan fingerprint density at radius 3 is 2.53 bits per heavy atom. The predicted octanol–water partition coefficient (Wildman–Crippen LogP) is 3.66. The molecule has 0 aliphatic carbocycles. The zero-order valence-corrected chi connectivity index (χ0v) is 20.1.